The van der Waals surface area contributed by atoms with Gasteiger partial charge in [0, 0.05) is 31.1 Å². The normalized spacial score (nSPS) is 16.5. The zero-order valence-electron chi connectivity index (χ0n) is 11.7. The number of hydrogen-bond acceptors (Lipinski definition) is 4. The summed E-state index contributed by atoms with van der Waals surface area (Å²) in [6.07, 6.45) is 2.32. The highest BCUT2D eigenvalue weighted by Crippen LogP contribution is 2.32. The number of sulfonamides is 1. The molecular formula is C13H22N2O2S2. The van der Waals surface area contributed by atoms with Crippen molar-refractivity contribution in [2.45, 2.75) is 43.5 Å². The lowest BCUT2D eigenvalue weighted by Crippen LogP contribution is -2.28. The Labute approximate surface area is 119 Å². The van der Waals surface area contributed by atoms with Crippen LogP contribution >= 0.6 is 11.3 Å². The first-order valence-electron chi connectivity index (χ1n) is 6.68. The fraction of sp³-hybridized carbons (Fsp3) is 0.692. The third-order valence-corrected chi connectivity index (χ3v) is 6.57. The van der Waals surface area contributed by atoms with Crippen molar-refractivity contribution in [2.24, 2.45) is 5.92 Å². The molecule has 4 nitrogen and oxygen atoms in total. The van der Waals surface area contributed by atoms with Gasteiger partial charge in [0.05, 0.1) is 0 Å². The Morgan fingerprint density at radius 1 is 1.42 bits per heavy atom. The number of rotatable bonds is 7. The van der Waals surface area contributed by atoms with Crippen molar-refractivity contribution in [3.05, 3.63) is 17.0 Å². The van der Waals surface area contributed by atoms with Crippen molar-refractivity contribution in [1.82, 2.24) is 9.62 Å². The maximum atomic E-state index is 12.4. The van der Waals surface area contributed by atoms with E-state index < -0.39 is 10.0 Å². The van der Waals surface area contributed by atoms with Gasteiger partial charge < -0.3 is 5.32 Å². The lowest BCUT2D eigenvalue weighted by molar-refractivity contribution is 0.454. The van der Waals surface area contributed by atoms with Crippen LogP contribution in [0.5, 0.6) is 0 Å². The molecule has 1 fully saturated rings. The Bertz CT molecular complexity index is 519. The third kappa shape index (κ3) is 4.02. The lowest BCUT2D eigenvalue weighted by atomic mass is 10.4. The largest absolute Gasteiger partial charge is 0.310 e. The predicted octanol–water partition coefficient (Wildman–Crippen LogP) is 2.28. The highest BCUT2D eigenvalue weighted by molar-refractivity contribution is 7.91. The molecule has 6 heteroatoms. The van der Waals surface area contributed by atoms with Crippen LogP contribution in [0, 0.1) is 5.92 Å². The number of hydrogen-bond donors (Lipinski definition) is 1. The van der Waals surface area contributed by atoms with E-state index in [0.29, 0.717) is 22.7 Å². The molecule has 0 atom stereocenters. The smallest absolute Gasteiger partial charge is 0.252 e. The van der Waals surface area contributed by atoms with Crippen LogP contribution in [0.1, 0.15) is 31.6 Å². The van der Waals surface area contributed by atoms with Gasteiger partial charge in [-0.15, -0.1) is 11.3 Å². The molecular weight excluding hydrogens is 280 g/mol. The maximum Gasteiger partial charge on any atom is 0.252 e. The number of thiophene rings is 1. The Kier molecular flexibility index (Phi) is 4.66. The highest BCUT2D eigenvalue weighted by Gasteiger charge is 2.29. The molecule has 108 valence electrons. The van der Waals surface area contributed by atoms with Gasteiger partial charge in [-0.25, -0.2) is 8.42 Å². The van der Waals surface area contributed by atoms with Gasteiger partial charge in [-0.05, 0) is 30.9 Å². The SMILES string of the molecule is CC(C)NCc1ccc(S(=O)(=O)N(C)CC2CC2)s1. The van der Waals surface area contributed by atoms with Gasteiger partial charge in [0.15, 0.2) is 0 Å². The van der Waals surface area contributed by atoms with E-state index >= 15 is 0 Å². The third-order valence-electron chi connectivity index (χ3n) is 3.20. The van der Waals surface area contributed by atoms with Gasteiger partial charge in [0.2, 0.25) is 0 Å². The first kappa shape index (κ1) is 15.0. The predicted molar refractivity (Wildman–Crippen MR) is 78.8 cm³/mol. The minimum Gasteiger partial charge on any atom is -0.310 e. The van der Waals surface area contributed by atoms with Crippen molar-refractivity contribution in [1.29, 1.82) is 0 Å². The Hall–Kier alpha value is -0.430. The molecule has 1 aliphatic rings. The Balaban J connectivity index is 2.03. The number of nitrogens with one attached hydrogen (secondary N) is 1. The van der Waals surface area contributed by atoms with E-state index in [2.05, 4.69) is 19.2 Å². The van der Waals surface area contributed by atoms with Crippen molar-refractivity contribution in [3.8, 4) is 0 Å². The van der Waals surface area contributed by atoms with E-state index in [1.807, 2.05) is 6.07 Å². The lowest BCUT2D eigenvalue weighted by Gasteiger charge is -2.15. The molecule has 0 aliphatic heterocycles. The quantitative estimate of drug-likeness (QED) is 0.840. The monoisotopic (exact) mass is 302 g/mol. The van der Waals surface area contributed by atoms with Gasteiger partial charge in [-0.1, -0.05) is 13.8 Å². The van der Waals surface area contributed by atoms with Crippen LogP contribution < -0.4 is 5.32 Å². The Morgan fingerprint density at radius 3 is 2.68 bits per heavy atom. The molecule has 1 aromatic heterocycles. The summed E-state index contributed by atoms with van der Waals surface area (Å²) in [7, 11) is -1.61. The average molecular weight is 302 g/mol. The maximum absolute atomic E-state index is 12.4. The fourth-order valence-electron chi connectivity index (χ4n) is 1.81. The zero-order chi connectivity index (χ0) is 14.0. The standard InChI is InChI=1S/C13H22N2O2S2/c1-10(2)14-8-12-6-7-13(18-12)19(16,17)15(3)9-11-4-5-11/h6-7,10-11,14H,4-5,8-9H2,1-3H3. The van der Waals surface area contributed by atoms with Crippen LogP contribution in [0.2, 0.25) is 0 Å². The molecule has 0 saturated heterocycles. The second-order valence-electron chi connectivity index (χ2n) is 5.49. The second kappa shape index (κ2) is 5.91. The molecule has 0 radical (unpaired) electrons. The summed E-state index contributed by atoms with van der Waals surface area (Å²) < 4.78 is 26.7. The van der Waals surface area contributed by atoms with Gasteiger partial charge in [-0.2, -0.15) is 4.31 Å². The van der Waals surface area contributed by atoms with E-state index in [1.165, 1.54) is 15.6 Å². The van der Waals surface area contributed by atoms with E-state index in [-0.39, 0.29) is 0 Å². The molecule has 0 spiro atoms. The molecule has 0 bridgehead atoms. The van der Waals surface area contributed by atoms with Crippen LogP contribution in [0.15, 0.2) is 16.3 Å². The molecule has 2 rings (SSSR count). The summed E-state index contributed by atoms with van der Waals surface area (Å²) in [6.45, 7) is 5.54. The first-order valence-corrected chi connectivity index (χ1v) is 8.93. The highest BCUT2D eigenvalue weighted by atomic mass is 32.2. The van der Waals surface area contributed by atoms with Crippen LogP contribution in [0.4, 0.5) is 0 Å². The summed E-state index contributed by atoms with van der Waals surface area (Å²) in [5.41, 5.74) is 0. The van der Waals surface area contributed by atoms with Gasteiger partial charge in [0.1, 0.15) is 4.21 Å². The van der Waals surface area contributed by atoms with Crippen molar-refractivity contribution in [2.75, 3.05) is 13.6 Å². The van der Waals surface area contributed by atoms with Crippen LogP contribution in [-0.2, 0) is 16.6 Å². The van der Waals surface area contributed by atoms with E-state index in [1.54, 1.807) is 13.1 Å². The minimum atomic E-state index is -3.29. The van der Waals surface area contributed by atoms with Crippen molar-refractivity contribution < 1.29 is 8.42 Å². The zero-order valence-corrected chi connectivity index (χ0v) is 13.4. The summed E-state index contributed by atoms with van der Waals surface area (Å²) in [5, 5.41) is 3.30. The molecule has 1 saturated carbocycles. The fourth-order valence-corrected chi connectivity index (χ4v) is 4.58. The van der Waals surface area contributed by atoms with Gasteiger partial charge in [-0.3, -0.25) is 0 Å². The minimum absolute atomic E-state index is 0.402. The van der Waals surface area contributed by atoms with Crippen LogP contribution in [-0.4, -0.2) is 32.4 Å². The topological polar surface area (TPSA) is 49.4 Å². The van der Waals surface area contributed by atoms with Crippen LogP contribution in [0.3, 0.4) is 0 Å². The molecule has 1 heterocycles. The second-order valence-corrected chi connectivity index (χ2v) is 8.93. The van der Waals surface area contributed by atoms with Crippen molar-refractivity contribution in [3.63, 3.8) is 0 Å². The summed E-state index contributed by atoms with van der Waals surface area (Å²) in [4.78, 5) is 1.06. The summed E-state index contributed by atoms with van der Waals surface area (Å²) in [5.74, 6) is 0.571. The van der Waals surface area contributed by atoms with E-state index in [9.17, 15) is 8.42 Å². The van der Waals surface area contributed by atoms with E-state index in [0.717, 1.165) is 24.3 Å². The van der Waals surface area contributed by atoms with Crippen LogP contribution in [0.25, 0.3) is 0 Å². The first-order chi connectivity index (χ1) is 8.89. The molecule has 1 aromatic rings. The average Bonchev–Trinajstić information content (AvgIpc) is 3.01. The molecule has 19 heavy (non-hydrogen) atoms. The summed E-state index contributed by atoms with van der Waals surface area (Å²) >= 11 is 1.37. The molecule has 1 aliphatic carbocycles. The molecule has 1 N–H and O–H groups in total. The molecule has 0 amide bonds. The molecule has 0 unspecified atom stereocenters. The number of nitrogens with zero attached hydrogens (tertiary/aromatic N) is 1. The van der Waals surface area contributed by atoms with Crippen molar-refractivity contribution >= 4 is 21.4 Å². The summed E-state index contributed by atoms with van der Waals surface area (Å²) in [6, 6.07) is 4.03. The van der Waals surface area contributed by atoms with Gasteiger partial charge >= 0.3 is 0 Å². The Morgan fingerprint density at radius 2 is 2.11 bits per heavy atom. The van der Waals surface area contributed by atoms with E-state index in [4.69, 9.17) is 0 Å². The van der Waals surface area contributed by atoms with Gasteiger partial charge in [0.25, 0.3) is 10.0 Å². The molecule has 0 aromatic carbocycles.